The number of nitrogens with one attached hydrogen (secondary N) is 1. The number of β-amino-alcohol motifs (C(OH)–C–C–N with tert-alkyl or cyclic N) is 1. The number of likely N-dealkylation sites (tertiary alicyclic amines) is 1. The van der Waals surface area contributed by atoms with E-state index in [1.807, 2.05) is 49.7 Å². The molecular weight excluding hydrogens is 398 g/mol. The van der Waals surface area contributed by atoms with Gasteiger partial charge in [-0.25, -0.2) is 9.48 Å². The maximum atomic E-state index is 12.3. The van der Waals surface area contributed by atoms with Gasteiger partial charge in [0, 0.05) is 31.6 Å². The molecule has 2 aromatic rings. The zero-order valence-corrected chi connectivity index (χ0v) is 18.5. The first-order valence-corrected chi connectivity index (χ1v) is 10.5. The molecule has 31 heavy (non-hydrogen) atoms. The van der Waals surface area contributed by atoms with Gasteiger partial charge >= 0.3 is 6.09 Å². The third kappa shape index (κ3) is 6.27. The first-order chi connectivity index (χ1) is 14.6. The largest absolute Gasteiger partial charge is 0.444 e. The maximum absolute atomic E-state index is 12.3. The molecule has 2 N–H and O–H groups in total. The zero-order chi connectivity index (χ0) is 22.6. The molecule has 1 aromatic heterocycles. The van der Waals surface area contributed by atoms with Crippen LogP contribution in [0.4, 0.5) is 10.5 Å². The van der Waals surface area contributed by atoms with Gasteiger partial charge in [-0.3, -0.25) is 4.79 Å². The van der Waals surface area contributed by atoms with E-state index in [4.69, 9.17) is 4.74 Å². The summed E-state index contributed by atoms with van der Waals surface area (Å²) in [5.74, 6) is -0.262. The van der Waals surface area contributed by atoms with Crippen molar-refractivity contribution in [2.45, 2.75) is 64.7 Å². The lowest BCUT2D eigenvalue weighted by molar-refractivity contribution is -0.114. The van der Waals surface area contributed by atoms with E-state index in [2.05, 4.69) is 15.6 Å². The van der Waals surface area contributed by atoms with Crippen LogP contribution in [0.15, 0.2) is 30.5 Å². The van der Waals surface area contributed by atoms with Crippen molar-refractivity contribution >= 4 is 17.7 Å². The molecule has 0 saturated carbocycles. The molecule has 2 atom stereocenters. The Balaban J connectivity index is 1.62. The topological polar surface area (TPSA) is 110 Å². The van der Waals surface area contributed by atoms with Crippen molar-refractivity contribution < 1.29 is 19.4 Å². The molecule has 0 aliphatic carbocycles. The number of aryl methyl sites for hydroxylation is 2. The van der Waals surface area contributed by atoms with Gasteiger partial charge in [-0.1, -0.05) is 17.3 Å². The van der Waals surface area contributed by atoms with Crippen LogP contribution < -0.4 is 5.32 Å². The van der Waals surface area contributed by atoms with Crippen molar-refractivity contribution in [2.24, 2.45) is 0 Å². The highest BCUT2D eigenvalue weighted by molar-refractivity contribution is 5.88. The third-order valence-electron chi connectivity index (χ3n) is 5.12. The van der Waals surface area contributed by atoms with Crippen LogP contribution in [-0.4, -0.2) is 61.8 Å². The molecule has 1 aliphatic heterocycles. The molecule has 2 heterocycles. The van der Waals surface area contributed by atoms with E-state index in [0.29, 0.717) is 25.9 Å². The minimum atomic E-state index is -0.721. The zero-order valence-electron chi connectivity index (χ0n) is 18.5. The smallest absolute Gasteiger partial charge is 0.410 e. The molecule has 1 aromatic carbocycles. The molecule has 0 spiro atoms. The fraction of sp³-hybridized carbons (Fsp3) is 0.545. The monoisotopic (exact) mass is 429 g/mol. The average Bonchev–Trinajstić information content (AvgIpc) is 3.13. The van der Waals surface area contributed by atoms with Gasteiger partial charge < -0.3 is 20.1 Å². The Morgan fingerprint density at radius 3 is 2.77 bits per heavy atom. The number of piperidine rings is 1. The van der Waals surface area contributed by atoms with Gasteiger partial charge in [0.1, 0.15) is 5.60 Å². The highest BCUT2D eigenvalue weighted by Crippen LogP contribution is 2.29. The minimum Gasteiger partial charge on any atom is -0.444 e. The van der Waals surface area contributed by atoms with Crippen LogP contribution in [0.25, 0.3) is 0 Å². The highest BCUT2D eigenvalue weighted by Gasteiger charge is 2.35. The lowest BCUT2D eigenvalue weighted by Gasteiger charge is -2.36. The molecule has 9 nitrogen and oxygen atoms in total. The van der Waals surface area contributed by atoms with Gasteiger partial charge in [0.2, 0.25) is 5.91 Å². The molecule has 2 amide bonds. The normalized spacial score (nSPS) is 19.2. The fourth-order valence-corrected chi connectivity index (χ4v) is 3.74. The molecular formula is C22H31N5O4. The summed E-state index contributed by atoms with van der Waals surface area (Å²) in [6.07, 6.45) is 1.87. The van der Waals surface area contributed by atoms with E-state index in [0.717, 1.165) is 16.9 Å². The molecule has 1 fully saturated rings. The second-order valence-electron chi connectivity index (χ2n) is 8.90. The highest BCUT2D eigenvalue weighted by atomic mass is 16.6. The summed E-state index contributed by atoms with van der Waals surface area (Å²) < 4.78 is 7.22. The van der Waals surface area contributed by atoms with Crippen LogP contribution in [0.2, 0.25) is 0 Å². The number of anilines is 1. The van der Waals surface area contributed by atoms with E-state index < -0.39 is 17.8 Å². The van der Waals surface area contributed by atoms with Crippen LogP contribution in [0.3, 0.4) is 0 Å². The minimum absolute atomic E-state index is 0.109. The van der Waals surface area contributed by atoms with Crippen LogP contribution in [0.5, 0.6) is 0 Å². The van der Waals surface area contributed by atoms with E-state index >= 15 is 0 Å². The summed E-state index contributed by atoms with van der Waals surface area (Å²) in [5.41, 5.74) is 2.11. The molecule has 9 heteroatoms. The van der Waals surface area contributed by atoms with Crippen LogP contribution in [0, 0.1) is 0 Å². The first-order valence-electron chi connectivity index (χ1n) is 10.5. The Morgan fingerprint density at radius 1 is 1.32 bits per heavy atom. The molecule has 3 rings (SSSR count). The quantitative estimate of drug-likeness (QED) is 0.756. The predicted molar refractivity (Wildman–Crippen MR) is 116 cm³/mol. The van der Waals surface area contributed by atoms with Gasteiger partial charge in [0.05, 0.1) is 24.5 Å². The summed E-state index contributed by atoms with van der Waals surface area (Å²) in [4.78, 5) is 25.1. The van der Waals surface area contributed by atoms with Gasteiger partial charge in [-0.15, -0.1) is 5.10 Å². The lowest BCUT2D eigenvalue weighted by Crippen LogP contribution is -2.47. The average molecular weight is 430 g/mol. The second kappa shape index (κ2) is 9.47. The second-order valence-corrected chi connectivity index (χ2v) is 8.90. The van der Waals surface area contributed by atoms with Crippen molar-refractivity contribution in [2.75, 3.05) is 18.4 Å². The van der Waals surface area contributed by atoms with Crippen molar-refractivity contribution in [1.82, 2.24) is 19.9 Å². The molecule has 1 saturated heterocycles. The molecule has 1 aliphatic rings. The number of ether oxygens (including phenoxy) is 1. The predicted octanol–water partition coefficient (Wildman–Crippen LogP) is 2.56. The number of aromatic nitrogens is 3. The number of rotatable bonds is 5. The Hall–Kier alpha value is -2.94. The standard InChI is InChI=1S/C22H31N5O4/c1-15(28)24-17-7-5-6-16(12-17)8-11-27-19(13-23-25-27)18-9-10-26(14-20(18)29)21(30)31-22(2,3)4/h5-7,12-13,18,20,29H,8-11,14H2,1-4H3,(H,24,28)/t18-,20+/m0/s1. The van der Waals surface area contributed by atoms with Gasteiger partial charge in [-0.05, 0) is 51.3 Å². The summed E-state index contributed by atoms with van der Waals surface area (Å²) in [6, 6.07) is 7.68. The van der Waals surface area contributed by atoms with Crippen molar-refractivity contribution in [3.63, 3.8) is 0 Å². The summed E-state index contributed by atoms with van der Waals surface area (Å²) in [5, 5.41) is 21.8. The van der Waals surface area contributed by atoms with Crippen molar-refractivity contribution in [1.29, 1.82) is 0 Å². The number of carbonyl (C=O) groups is 2. The van der Waals surface area contributed by atoms with Crippen molar-refractivity contribution in [3.05, 3.63) is 41.7 Å². The molecule has 0 bridgehead atoms. The number of aliphatic hydroxyl groups excluding tert-OH is 1. The summed E-state index contributed by atoms with van der Waals surface area (Å²) in [7, 11) is 0. The van der Waals surface area contributed by atoms with Crippen LogP contribution in [-0.2, 0) is 22.5 Å². The number of hydrogen-bond donors (Lipinski definition) is 2. The van der Waals surface area contributed by atoms with E-state index in [-0.39, 0.29) is 18.4 Å². The van der Waals surface area contributed by atoms with E-state index in [9.17, 15) is 14.7 Å². The number of nitrogens with zero attached hydrogens (tertiary/aromatic N) is 4. The lowest BCUT2D eigenvalue weighted by atomic mass is 9.91. The summed E-state index contributed by atoms with van der Waals surface area (Å²) in [6.45, 7) is 8.26. The van der Waals surface area contributed by atoms with Crippen molar-refractivity contribution in [3.8, 4) is 0 Å². The number of amides is 2. The van der Waals surface area contributed by atoms with E-state index in [1.54, 1.807) is 11.1 Å². The Bertz CT molecular complexity index is 921. The van der Waals surface area contributed by atoms with Gasteiger partial charge in [-0.2, -0.15) is 0 Å². The fourth-order valence-electron chi connectivity index (χ4n) is 3.74. The van der Waals surface area contributed by atoms with Crippen LogP contribution in [0.1, 0.15) is 51.3 Å². The molecule has 0 radical (unpaired) electrons. The Kier molecular flexibility index (Phi) is 6.94. The Labute approximate surface area is 182 Å². The number of benzene rings is 1. The summed E-state index contributed by atoms with van der Waals surface area (Å²) >= 11 is 0. The van der Waals surface area contributed by atoms with E-state index in [1.165, 1.54) is 6.92 Å². The maximum Gasteiger partial charge on any atom is 0.410 e. The number of carbonyl (C=O) groups excluding carboxylic acids is 2. The Morgan fingerprint density at radius 2 is 2.10 bits per heavy atom. The number of aliphatic hydroxyl groups is 1. The van der Waals surface area contributed by atoms with Gasteiger partial charge in [0.15, 0.2) is 0 Å². The SMILES string of the molecule is CC(=O)Nc1cccc(CCn2nncc2[C@@H]2CCN(C(=O)OC(C)(C)C)C[C@H]2O)c1. The van der Waals surface area contributed by atoms with Crippen LogP contribution >= 0.6 is 0 Å². The first kappa shape index (κ1) is 22.7. The van der Waals surface area contributed by atoms with Gasteiger partial charge in [0.25, 0.3) is 0 Å². The number of hydrogen-bond acceptors (Lipinski definition) is 6. The molecule has 0 unspecified atom stereocenters. The molecule has 168 valence electrons. The third-order valence-corrected chi connectivity index (χ3v) is 5.12.